The first kappa shape index (κ1) is 11.5. The van der Waals surface area contributed by atoms with Gasteiger partial charge in [-0.15, -0.1) is 6.58 Å². The van der Waals surface area contributed by atoms with Gasteiger partial charge in [0, 0.05) is 6.54 Å². The van der Waals surface area contributed by atoms with Crippen LogP contribution in [0.5, 0.6) is 0 Å². The molecule has 0 aromatic carbocycles. The fraction of sp³-hybridized carbons (Fsp3) is 0.333. The highest BCUT2D eigenvalue weighted by molar-refractivity contribution is 4.84. The largest absolute Gasteiger partial charge is 1.00 e. The molecular formula is C9H15BrN2. The summed E-state index contributed by atoms with van der Waals surface area (Å²) in [5.74, 6) is 0. The second kappa shape index (κ2) is 6.03. The van der Waals surface area contributed by atoms with Gasteiger partial charge < -0.3 is 21.9 Å². The van der Waals surface area contributed by atoms with Gasteiger partial charge in [-0.2, -0.15) is 0 Å². The van der Waals surface area contributed by atoms with Crippen molar-refractivity contribution in [2.24, 2.45) is 0 Å². The Morgan fingerprint density at radius 2 is 2.17 bits per heavy atom. The maximum atomic E-state index is 3.70. The van der Waals surface area contributed by atoms with Gasteiger partial charge in [0.1, 0.15) is 12.7 Å². The standard InChI is InChI=1S/C9H14N2.BrH/c1-3-5-10-7-8-11(9-10)6-4-2;/h3-4,7-8H,1-2,5-6,9H2;1H. The number of halogens is 1. The van der Waals surface area contributed by atoms with Gasteiger partial charge in [-0.05, 0) is 6.08 Å². The number of quaternary nitrogens is 1. The van der Waals surface area contributed by atoms with Crippen LogP contribution in [0.3, 0.4) is 0 Å². The molecule has 0 bridgehead atoms. The van der Waals surface area contributed by atoms with Crippen molar-refractivity contribution in [1.29, 1.82) is 0 Å². The van der Waals surface area contributed by atoms with Gasteiger partial charge in [-0.3, -0.25) is 4.90 Å². The van der Waals surface area contributed by atoms with Crippen molar-refractivity contribution < 1.29 is 21.9 Å². The quantitative estimate of drug-likeness (QED) is 0.506. The number of nitrogens with one attached hydrogen (secondary N) is 1. The lowest BCUT2D eigenvalue weighted by Crippen LogP contribution is -3.07. The third-order valence-electron chi connectivity index (χ3n) is 1.70. The number of hydrogen-bond donors (Lipinski definition) is 1. The van der Waals surface area contributed by atoms with Gasteiger partial charge in [0.25, 0.3) is 0 Å². The third-order valence-corrected chi connectivity index (χ3v) is 1.70. The van der Waals surface area contributed by atoms with E-state index in [0.717, 1.165) is 19.8 Å². The molecule has 0 saturated heterocycles. The maximum Gasteiger partial charge on any atom is 0.157 e. The molecule has 0 aromatic rings. The van der Waals surface area contributed by atoms with E-state index in [-0.39, 0.29) is 17.0 Å². The predicted molar refractivity (Wildman–Crippen MR) is 46.9 cm³/mol. The fourth-order valence-electron chi connectivity index (χ4n) is 1.19. The molecule has 0 aliphatic carbocycles. The highest BCUT2D eigenvalue weighted by atomic mass is 79.9. The SMILES string of the molecule is C=CCN1C=C[NH+](CC=C)C1.[Br-]. The summed E-state index contributed by atoms with van der Waals surface area (Å²) in [6.45, 7) is 10.4. The molecule has 1 aliphatic rings. The normalized spacial score (nSPS) is 20.3. The summed E-state index contributed by atoms with van der Waals surface area (Å²) in [6.07, 6.45) is 8.13. The van der Waals surface area contributed by atoms with Crippen LogP contribution in [-0.2, 0) is 0 Å². The molecule has 1 heterocycles. The van der Waals surface area contributed by atoms with E-state index in [4.69, 9.17) is 0 Å². The molecule has 1 unspecified atom stereocenters. The van der Waals surface area contributed by atoms with Crippen LogP contribution in [-0.4, -0.2) is 24.7 Å². The summed E-state index contributed by atoms with van der Waals surface area (Å²) in [5.41, 5.74) is 0. The molecule has 12 heavy (non-hydrogen) atoms. The van der Waals surface area contributed by atoms with Crippen LogP contribution >= 0.6 is 0 Å². The van der Waals surface area contributed by atoms with Crippen molar-refractivity contribution in [1.82, 2.24) is 4.90 Å². The summed E-state index contributed by atoms with van der Waals surface area (Å²) < 4.78 is 0. The maximum absolute atomic E-state index is 3.70. The van der Waals surface area contributed by atoms with Crippen LogP contribution in [0, 0.1) is 0 Å². The predicted octanol–water partition coefficient (Wildman–Crippen LogP) is -3.01. The molecule has 0 amide bonds. The van der Waals surface area contributed by atoms with Gasteiger partial charge in [-0.1, -0.05) is 12.7 Å². The van der Waals surface area contributed by atoms with Crippen molar-refractivity contribution in [2.75, 3.05) is 19.8 Å². The highest BCUT2D eigenvalue weighted by Crippen LogP contribution is 1.89. The molecular weight excluding hydrogens is 216 g/mol. The van der Waals surface area contributed by atoms with E-state index in [1.807, 2.05) is 12.2 Å². The van der Waals surface area contributed by atoms with Crippen LogP contribution in [0.15, 0.2) is 37.7 Å². The Hall–Kier alpha value is -0.540. The number of nitrogens with zero attached hydrogens (tertiary/aromatic N) is 1. The first-order valence-electron chi connectivity index (χ1n) is 3.85. The van der Waals surface area contributed by atoms with Crippen LogP contribution in [0.25, 0.3) is 0 Å². The van der Waals surface area contributed by atoms with Gasteiger partial charge in [0.15, 0.2) is 6.67 Å². The number of hydrogen-bond acceptors (Lipinski definition) is 1. The average molecular weight is 231 g/mol. The van der Waals surface area contributed by atoms with Crippen LogP contribution in [0.2, 0.25) is 0 Å². The Morgan fingerprint density at radius 3 is 2.75 bits per heavy atom. The first-order valence-corrected chi connectivity index (χ1v) is 3.85. The van der Waals surface area contributed by atoms with E-state index in [2.05, 4.69) is 30.5 Å². The van der Waals surface area contributed by atoms with Crippen molar-refractivity contribution in [3.8, 4) is 0 Å². The van der Waals surface area contributed by atoms with Gasteiger partial charge in [-0.25, -0.2) is 0 Å². The first-order chi connectivity index (χ1) is 5.36. The summed E-state index contributed by atoms with van der Waals surface area (Å²) >= 11 is 0. The van der Waals surface area contributed by atoms with Crippen molar-refractivity contribution in [2.45, 2.75) is 0 Å². The molecule has 0 radical (unpaired) electrons. The van der Waals surface area contributed by atoms with Crippen molar-refractivity contribution in [3.05, 3.63) is 37.7 Å². The van der Waals surface area contributed by atoms with Crippen molar-refractivity contribution >= 4 is 0 Å². The van der Waals surface area contributed by atoms with E-state index in [0.29, 0.717) is 0 Å². The fourth-order valence-corrected chi connectivity index (χ4v) is 1.19. The molecule has 0 saturated carbocycles. The molecule has 0 aromatic heterocycles. The summed E-state index contributed by atoms with van der Waals surface area (Å²) in [4.78, 5) is 3.66. The Labute approximate surface area is 84.6 Å². The molecule has 1 aliphatic heterocycles. The summed E-state index contributed by atoms with van der Waals surface area (Å²) in [6, 6.07) is 0. The summed E-state index contributed by atoms with van der Waals surface area (Å²) in [7, 11) is 0. The van der Waals surface area contributed by atoms with Gasteiger partial charge in [0.05, 0.1) is 6.20 Å². The zero-order valence-electron chi connectivity index (χ0n) is 7.17. The monoisotopic (exact) mass is 230 g/mol. The average Bonchev–Trinajstić information content (AvgIpc) is 2.38. The molecule has 1 N–H and O–H groups in total. The molecule has 3 heteroatoms. The summed E-state index contributed by atoms with van der Waals surface area (Å²) in [5, 5.41) is 0. The van der Waals surface area contributed by atoms with Crippen molar-refractivity contribution in [3.63, 3.8) is 0 Å². The van der Waals surface area contributed by atoms with E-state index < -0.39 is 0 Å². The Kier molecular flexibility index (Phi) is 5.76. The Balaban J connectivity index is 0.00000121. The molecule has 0 spiro atoms. The molecule has 68 valence electrons. The molecule has 1 rings (SSSR count). The topological polar surface area (TPSA) is 7.68 Å². The van der Waals surface area contributed by atoms with E-state index in [1.54, 1.807) is 0 Å². The van der Waals surface area contributed by atoms with Crippen LogP contribution < -0.4 is 21.9 Å². The zero-order valence-corrected chi connectivity index (χ0v) is 8.76. The van der Waals surface area contributed by atoms with Gasteiger partial charge in [0.2, 0.25) is 0 Å². The lowest BCUT2D eigenvalue weighted by atomic mass is 10.5. The lowest BCUT2D eigenvalue weighted by molar-refractivity contribution is -0.842. The zero-order chi connectivity index (χ0) is 8.10. The van der Waals surface area contributed by atoms with Crippen LogP contribution in [0.1, 0.15) is 0 Å². The second-order valence-corrected chi connectivity index (χ2v) is 2.68. The minimum atomic E-state index is 0. The molecule has 0 fully saturated rings. The van der Waals surface area contributed by atoms with E-state index in [9.17, 15) is 0 Å². The lowest BCUT2D eigenvalue weighted by Gasteiger charge is -2.13. The smallest absolute Gasteiger partial charge is 0.157 e. The van der Waals surface area contributed by atoms with Gasteiger partial charge >= 0.3 is 0 Å². The Morgan fingerprint density at radius 1 is 1.42 bits per heavy atom. The van der Waals surface area contributed by atoms with E-state index in [1.165, 1.54) is 4.90 Å². The third kappa shape index (κ3) is 3.24. The number of rotatable bonds is 4. The highest BCUT2D eigenvalue weighted by Gasteiger charge is 2.13. The van der Waals surface area contributed by atoms with E-state index >= 15 is 0 Å². The Bertz CT molecular complexity index is 159. The van der Waals surface area contributed by atoms with Crippen LogP contribution in [0.4, 0.5) is 0 Å². The molecule has 2 nitrogen and oxygen atoms in total. The minimum Gasteiger partial charge on any atom is -1.00 e. The minimum absolute atomic E-state index is 0. The molecule has 1 atom stereocenters. The second-order valence-electron chi connectivity index (χ2n) is 2.68.